The van der Waals surface area contributed by atoms with Crippen LogP contribution in [0.5, 0.6) is 0 Å². The number of rotatable bonds is 4. The number of hydrogen-bond donors (Lipinski definition) is 0. The number of hydrogen-bond acceptors (Lipinski definition) is 6. The van der Waals surface area contributed by atoms with Crippen LogP contribution >= 0.6 is 22.7 Å². The standard InChI is InChI=1S/C22H23N3O3S3/c1-15-20(22(26)24-9-4-5-10-24)30-21(23-15)18-12-19(29-14-18)31(27,28)25-11-8-16-6-2-3-7-17(16)13-25/h2-3,6-7,12,14H,4-5,8-11,13H2,1H3. The maximum Gasteiger partial charge on any atom is 0.265 e. The van der Waals surface area contributed by atoms with Gasteiger partial charge in [0.2, 0.25) is 0 Å². The summed E-state index contributed by atoms with van der Waals surface area (Å²) >= 11 is 2.57. The first kappa shape index (κ1) is 20.8. The molecule has 0 saturated carbocycles. The Kier molecular flexibility index (Phi) is 5.45. The van der Waals surface area contributed by atoms with E-state index in [1.165, 1.54) is 28.2 Å². The summed E-state index contributed by atoms with van der Waals surface area (Å²) in [5, 5.41) is 2.52. The highest BCUT2D eigenvalue weighted by Gasteiger charge is 2.30. The predicted molar refractivity (Wildman–Crippen MR) is 123 cm³/mol. The Morgan fingerprint density at radius 1 is 1.10 bits per heavy atom. The van der Waals surface area contributed by atoms with E-state index in [1.54, 1.807) is 10.4 Å². The van der Waals surface area contributed by atoms with Crippen molar-refractivity contribution in [2.45, 2.75) is 36.9 Å². The summed E-state index contributed by atoms with van der Waals surface area (Å²) in [4.78, 5) is 19.9. The van der Waals surface area contributed by atoms with Crippen molar-refractivity contribution in [3.05, 3.63) is 57.4 Å². The average Bonchev–Trinajstić information content (AvgIpc) is 3.53. The number of aryl methyl sites for hydroxylation is 1. The van der Waals surface area contributed by atoms with E-state index in [0.29, 0.717) is 32.9 Å². The number of thiazole rings is 1. The Morgan fingerprint density at radius 2 is 1.84 bits per heavy atom. The average molecular weight is 474 g/mol. The first-order chi connectivity index (χ1) is 14.9. The largest absolute Gasteiger partial charge is 0.338 e. The molecule has 0 N–H and O–H groups in total. The Balaban J connectivity index is 1.39. The molecule has 0 bridgehead atoms. The Hall–Kier alpha value is -2.07. The van der Waals surface area contributed by atoms with Gasteiger partial charge in [-0.3, -0.25) is 4.79 Å². The van der Waals surface area contributed by atoms with E-state index >= 15 is 0 Å². The molecule has 2 aromatic heterocycles. The van der Waals surface area contributed by atoms with Crippen LogP contribution in [0.3, 0.4) is 0 Å². The van der Waals surface area contributed by atoms with E-state index in [1.807, 2.05) is 35.4 Å². The number of carbonyl (C=O) groups excluding carboxylic acids is 1. The summed E-state index contributed by atoms with van der Waals surface area (Å²) in [6.45, 7) is 4.32. The number of benzene rings is 1. The van der Waals surface area contributed by atoms with Gasteiger partial charge in [0.15, 0.2) is 0 Å². The molecule has 1 aromatic carbocycles. The fraction of sp³-hybridized carbons (Fsp3) is 0.364. The zero-order chi connectivity index (χ0) is 21.6. The van der Waals surface area contributed by atoms with Crippen LogP contribution in [0.4, 0.5) is 0 Å². The molecule has 162 valence electrons. The molecule has 0 atom stereocenters. The monoisotopic (exact) mass is 473 g/mol. The summed E-state index contributed by atoms with van der Waals surface area (Å²) in [6.07, 6.45) is 2.81. The van der Waals surface area contributed by atoms with Crippen LogP contribution in [-0.4, -0.2) is 48.1 Å². The first-order valence-electron chi connectivity index (χ1n) is 10.4. The fourth-order valence-corrected chi connectivity index (χ4v) is 7.98. The maximum atomic E-state index is 13.3. The summed E-state index contributed by atoms with van der Waals surface area (Å²) in [5.41, 5.74) is 3.75. The number of sulfonamides is 1. The highest BCUT2D eigenvalue weighted by Crippen LogP contribution is 2.35. The molecule has 4 heterocycles. The van der Waals surface area contributed by atoms with Gasteiger partial charge in [-0.15, -0.1) is 22.7 Å². The minimum Gasteiger partial charge on any atom is -0.338 e. The lowest BCUT2D eigenvalue weighted by Crippen LogP contribution is -2.35. The van der Waals surface area contributed by atoms with Crippen molar-refractivity contribution >= 4 is 38.6 Å². The van der Waals surface area contributed by atoms with E-state index in [-0.39, 0.29) is 5.91 Å². The Morgan fingerprint density at radius 3 is 2.61 bits per heavy atom. The van der Waals surface area contributed by atoms with Gasteiger partial charge in [-0.2, -0.15) is 4.31 Å². The zero-order valence-corrected chi connectivity index (χ0v) is 19.7. The molecule has 0 unspecified atom stereocenters. The minimum absolute atomic E-state index is 0.0359. The highest BCUT2D eigenvalue weighted by molar-refractivity contribution is 7.91. The summed E-state index contributed by atoms with van der Waals surface area (Å²) in [6, 6.07) is 9.70. The fourth-order valence-electron chi connectivity index (χ4n) is 4.15. The molecule has 9 heteroatoms. The van der Waals surface area contributed by atoms with Crippen molar-refractivity contribution < 1.29 is 13.2 Å². The maximum absolute atomic E-state index is 13.3. The van der Waals surface area contributed by atoms with Gasteiger partial charge in [0.25, 0.3) is 15.9 Å². The van der Waals surface area contributed by atoms with Gasteiger partial charge >= 0.3 is 0 Å². The number of thiophene rings is 1. The van der Waals surface area contributed by atoms with Gasteiger partial charge in [0.1, 0.15) is 14.1 Å². The number of amides is 1. The van der Waals surface area contributed by atoms with Gasteiger partial charge in [-0.05, 0) is 43.4 Å². The molecule has 2 aliphatic rings. The van der Waals surface area contributed by atoms with E-state index in [4.69, 9.17) is 0 Å². The first-order valence-corrected chi connectivity index (χ1v) is 13.5. The van der Waals surface area contributed by atoms with Crippen LogP contribution in [0.2, 0.25) is 0 Å². The van der Waals surface area contributed by atoms with E-state index in [0.717, 1.165) is 43.5 Å². The third-order valence-corrected chi connectivity index (χ3v) is 10.4. The van der Waals surface area contributed by atoms with Crippen LogP contribution in [0.25, 0.3) is 10.6 Å². The second kappa shape index (κ2) is 8.12. The van der Waals surface area contributed by atoms with E-state index in [9.17, 15) is 13.2 Å². The smallest absolute Gasteiger partial charge is 0.265 e. The van der Waals surface area contributed by atoms with Crippen molar-refractivity contribution in [1.82, 2.24) is 14.2 Å². The molecular formula is C22H23N3O3S3. The molecule has 31 heavy (non-hydrogen) atoms. The van der Waals surface area contributed by atoms with Crippen molar-refractivity contribution in [2.24, 2.45) is 0 Å². The molecule has 0 aliphatic carbocycles. The lowest BCUT2D eigenvalue weighted by Gasteiger charge is -2.27. The Bertz CT molecular complexity index is 1240. The van der Waals surface area contributed by atoms with Gasteiger partial charge in [0, 0.05) is 37.1 Å². The van der Waals surface area contributed by atoms with E-state index < -0.39 is 10.0 Å². The summed E-state index contributed by atoms with van der Waals surface area (Å²) in [7, 11) is -3.57. The molecule has 1 fully saturated rings. The molecular weight excluding hydrogens is 450 g/mol. The number of nitrogens with zero attached hydrogens (tertiary/aromatic N) is 3. The van der Waals surface area contributed by atoms with Crippen LogP contribution in [0.1, 0.15) is 39.3 Å². The SMILES string of the molecule is Cc1nc(-c2csc(S(=O)(=O)N3CCc4ccccc4C3)c2)sc1C(=O)N1CCCC1. The van der Waals surface area contributed by atoms with Crippen molar-refractivity contribution in [1.29, 1.82) is 0 Å². The minimum atomic E-state index is -3.57. The molecule has 0 radical (unpaired) electrons. The molecule has 6 nitrogen and oxygen atoms in total. The number of aromatic nitrogens is 1. The molecule has 3 aromatic rings. The third-order valence-electron chi connectivity index (χ3n) is 5.90. The second-order valence-corrected chi connectivity index (χ2v) is 12.0. The van der Waals surface area contributed by atoms with Crippen LogP contribution in [-0.2, 0) is 23.0 Å². The number of carbonyl (C=O) groups is 1. The predicted octanol–water partition coefficient (Wildman–Crippen LogP) is 4.16. The van der Waals surface area contributed by atoms with Crippen LogP contribution in [0.15, 0.2) is 39.9 Å². The van der Waals surface area contributed by atoms with Crippen molar-refractivity contribution in [3.63, 3.8) is 0 Å². The van der Waals surface area contributed by atoms with Gasteiger partial charge in [-0.25, -0.2) is 13.4 Å². The highest BCUT2D eigenvalue weighted by atomic mass is 32.2. The van der Waals surface area contributed by atoms with Gasteiger partial charge in [-0.1, -0.05) is 24.3 Å². The zero-order valence-electron chi connectivity index (χ0n) is 17.2. The molecule has 5 rings (SSSR count). The van der Waals surface area contributed by atoms with Crippen molar-refractivity contribution in [2.75, 3.05) is 19.6 Å². The van der Waals surface area contributed by atoms with E-state index in [2.05, 4.69) is 11.1 Å². The van der Waals surface area contributed by atoms with Gasteiger partial charge < -0.3 is 4.90 Å². The summed E-state index contributed by atoms with van der Waals surface area (Å²) in [5.74, 6) is 0.0359. The van der Waals surface area contributed by atoms with Crippen LogP contribution in [0, 0.1) is 6.92 Å². The quantitative estimate of drug-likeness (QED) is 0.570. The lowest BCUT2D eigenvalue weighted by molar-refractivity contribution is 0.0796. The molecule has 1 amide bonds. The number of fused-ring (bicyclic) bond motifs is 1. The van der Waals surface area contributed by atoms with Gasteiger partial charge in [0.05, 0.1) is 5.69 Å². The Labute approximate surface area is 190 Å². The topological polar surface area (TPSA) is 70.6 Å². The normalized spacial score (nSPS) is 17.1. The second-order valence-electron chi connectivity index (χ2n) is 7.94. The molecule has 0 spiro atoms. The summed E-state index contributed by atoms with van der Waals surface area (Å²) < 4.78 is 28.4. The lowest BCUT2D eigenvalue weighted by atomic mass is 10.0. The third kappa shape index (κ3) is 3.84. The molecule has 1 saturated heterocycles. The van der Waals surface area contributed by atoms with Crippen molar-refractivity contribution in [3.8, 4) is 10.6 Å². The number of likely N-dealkylation sites (tertiary alicyclic amines) is 1. The molecule has 2 aliphatic heterocycles. The van der Waals surface area contributed by atoms with Crippen LogP contribution < -0.4 is 0 Å².